The number of nitrogens with two attached hydrogens (primary N) is 1. The van der Waals surface area contributed by atoms with Gasteiger partial charge in [-0.1, -0.05) is 0 Å². The lowest BCUT2D eigenvalue weighted by Crippen LogP contribution is -2.14. The van der Waals surface area contributed by atoms with Gasteiger partial charge in [-0.25, -0.2) is 13.5 Å². The van der Waals surface area contributed by atoms with Crippen LogP contribution in [0.25, 0.3) is 0 Å². The summed E-state index contributed by atoms with van der Waals surface area (Å²) in [7, 11) is 0. The molecule has 0 saturated heterocycles. The molecule has 1 fully saturated rings. The fourth-order valence-electron chi connectivity index (χ4n) is 1.77. The summed E-state index contributed by atoms with van der Waals surface area (Å²) in [5.74, 6) is -2.08. The quantitative estimate of drug-likeness (QED) is 0.728. The number of rotatable bonds is 1. The van der Waals surface area contributed by atoms with Crippen LogP contribution < -0.4 is 5.73 Å². The number of anilines is 1. The number of halogens is 2. The fraction of sp³-hybridized carbons (Fsp3) is 0.625. The Labute approximate surface area is 74.5 Å². The summed E-state index contributed by atoms with van der Waals surface area (Å²) in [6, 6.07) is 1.39. The molecule has 0 aliphatic heterocycles. The summed E-state index contributed by atoms with van der Waals surface area (Å²) in [5.41, 5.74) is 5.56. The molecule has 2 rings (SSSR count). The molecular weight excluding hydrogens is 176 g/mol. The first-order valence-corrected chi connectivity index (χ1v) is 4.25. The standard InChI is InChI=1S/C8H11F2N3/c9-8(10)3-1-6(5-8)13-7(11)2-4-12-13/h2,4,6H,1,3,5,11H2. The third-order valence-corrected chi connectivity index (χ3v) is 2.42. The van der Waals surface area contributed by atoms with Crippen molar-refractivity contribution in [2.75, 3.05) is 5.73 Å². The van der Waals surface area contributed by atoms with Gasteiger partial charge < -0.3 is 5.73 Å². The molecule has 13 heavy (non-hydrogen) atoms. The first-order valence-electron chi connectivity index (χ1n) is 4.25. The van der Waals surface area contributed by atoms with E-state index in [-0.39, 0.29) is 18.9 Å². The monoisotopic (exact) mass is 187 g/mol. The molecule has 0 spiro atoms. The average molecular weight is 187 g/mol. The van der Waals surface area contributed by atoms with E-state index in [0.717, 1.165) is 0 Å². The lowest BCUT2D eigenvalue weighted by atomic mass is 10.2. The van der Waals surface area contributed by atoms with Gasteiger partial charge in [-0.3, -0.25) is 0 Å². The number of hydrogen-bond donors (Lipinski definition) is 1. The Morgan fingerprint density at radius 2 is 2.38 bits per heavy atom. The molecular formula is C8H11F2N3. The lowest BCUT2D eigenvalue weighted by Gasteiger charge is -2.12. The third kappa shape index (κ3) is 1.50. The van der Waals surface area contributed by atoms with Gasteiger partial charge in [0.1, 0.15) is 5.82 Å². The molecule has 0 aromatic carbocycles. The van der Waals surface area contributed by atoms with E-state index in [1.807, 2.05) is 0 Å². The smallest absolute Gasteiger partial charge is 0.250 e. The normalized spacial score (nSPS) is 26.5. The fourth-order valence-corrected chi connectivity index (χ4v) is 1.77. The van der Waals surface area contributed by atoms with Gasteiger partial charge in [0.2, 0.25) is 5.92 Å². The molecule has 1 atom stereocenters. The number of nitrogen functional groups attached to an aromatic ring is 1. The number of alkyl halides is 2. The highest BCUT2D eigenvalue weighted by Gasteiger charge is 2.40. The molecule has 1 aliphatic rings. The second-order valence-corrected chi connectivity index (χ2v) is 3.45. The summed E-state index contributed by atoms with van der Waals surface area (Å²) in [6.45, 7) is 0. The van der Waals surface area contributed by atoms with Crippen LogP contribution in [-0.2, 0) is 0 Å². The van der Waals surface area contributed by atoms with Gasteiger partial charge in [0.05, 0.1) is 12.2 Å². The highest BCUT2D eigenvalue weighted by molar-refractivity contribution is 5.27. The van der Waals surface area contributed by atoms with Gasteiger partial charge in [0, 0.05) is 12.8 Å². The summed E-state index contributed by atoms with van der Waals surface area (Å²) in [4.78, 5) is 0. The largest absolute Gasteiger partial charge is 0.384 e. The van der Waals surface area contributed by atoms with E-state index >= 15 is 0 Å². The van der Waals surface area contributed by atoms with Crippen LogP contribution in [0.5, 0.6) is 0 Å². The molecule has 1 aromatic heterocycles. The van der Waals surface area contributed by atoms with E-state index < -0.39 is 5.92 Å². The zero-order valence-electron chi connectivity index (χ0n) is 7.08. The molecule has 1 saturated carbocycles. The molecule has 0 amide bonds. The highest BCUT2D eigenvalue weighted by atomic mass is 19.3. The van der Waals surface area contributed by atoms with E-state index in [4.69, 9.17) is 5.73 Å². The van der Waals surface area contributed by atoms with Gasteiger partial charge in [0.15, 0.2) is 0 Å². The van der Waals surface area contributed by atoms with Crippen LogP contribution in [0.2, 0.25) is 0 Å². The second-order valence-electron chi connectivity index (χ2n) is 3.45. The van der Waals surface area contributed by atoms with Crippen LogP contribution in [0, 0.1) is 0 Å². The van der Waals surface area contributed by atoms with Crippen molar-refractivity contribution in [1.82, 2.24) is 9.78 Å². The van der Waals surface area contributed by atoms with E-state index in [1.54, 1.807) is 6.07 Å². The first-order chi connectivity index (χ1) is 6.08. The molecule has 1 aliphatic carbocycles. The van der Waals surface area contributed by atoms with Crippen LogP contribution in [0.3, 0.4) is 0 Å². The average Bonchev–Trinajstić information content (AvgIpc) is 2.56. The Morgan fingerprint density at radius 3 is 2.85 bits per heavy atom. The van der Waals surface area contributed by atoms with E-state index in [0.29, 0.717) is 12.2 Å². The summed E-state index contributed by atoms with van der Waals surface area (Å²) in [6.07, 6.45) is 1.79. The predicted molar refractivity (Wildman–Crippen MR) is 44.5 cm³/mol. The van der Waals surface area contributed by atoms with Crippen LogP contribution in [-0.4, -0.2) is 15.7 Å². The van der Waals surface area contributed by atoms with Gasteiger partial charge >= 0.3 is 0 Å². The van der Waals surface area contributed by atoms with Gasteiger partial charge in [-0.15, -0.1) is 0 Å². The topological polar surface area (TPSA) is 43.8 Å². The second kappa shape index (κ2) is 2.68. The maximum atomic E-state index is 12.8. The maximum Gasteiger partial charge on any atom is 0.250 e. The Hall–Kier alpha value is -1.13. The molecule has 2 N–H and O–H groups in total. The van der Waals surface area contributed by atoms with Crippen molar-refractivity contribution < 1.29 is 8.78 Å². The van der Waals surface area contributed by atoms with Crippen LogP contribution in [0.15, 0.2) is 12.3 Å². The number of hydrogen-bond acceptors (Lipinski definition) is 2. The Bertz CT molecular complexity index is 308. The van der Waals surface area contributed by atoms with Crippen molar-refractivity contribution in [2.24, 2.45) is 0 Å². The maximum absolute atomic E-state index is 12.8. The van der Waals surface area contributed by atoms with Crippen LogP contribution in [0.4, 0.5) is 14.6 Å². The molecule has 0 radical (unpaired) electrons. The zero-order valence-corrected chi connectivity index (χ0v) is 7.08. The summed E-state index contributed by atoms with van der Waals surface area (Å²) < 4.78 is 27.2. The highest BCUT2D eigenvalue weighted by Crippen LogP contribution is 2.41. The number of nitrogens with zero attached hydrogens (tertiary/aromatic N) is 2. The van der Waals surface area contributed by atoms with E-state index in [1.165, 1.54) is 10.9 Å². The Balaban J connectivity index is 2.17. The van der Waals surface area contributed by atoms with Crippen molar-refractivity contribution in [1.29, 1.82) is 0 Å². The van der Waals surface area contributed by atoms with Crippen LogP contribution >= 0.6 is 0 Å². The van der Waals surface area contributed by atoms with E-state index in [9.17, 15) is 8.78 Å². The Kier molecular flexibility index (Phi) is 1.75. The minimum absolute atomic E-state index is 0.0586. The van der Waals surface area contributed by atoms with Gasteiger partial charge in [-0.2, -0.15) is 5.10 Å². The molecule has 3 nitrogen and oxygen atoms in total. The minimum atomic E-state index is -2.54. The Morgan fingerprint density at radius 1 is 1.62 bits per heavy atom. The molecule has 1 heterocycles. The number of aromatic nitrogens is 2. The minimum Gasteiger partial charge on any atom is -0.384 e. The molecule has 72 valence electrons. The van der Waals surface area contributed by atoms with Crippen molar-refractivity contribution in [2.45, 2.75) is 31.2 Å². The summed E-state index contributed by atoms with van der Waals surface area (Å²) in [5, 5.41) is 3.92. The van der Waals surface area contributed by atoms with Crippen molar-refractivity contribution in [3.8, 4) is 0 Å². The molecule has 1 unspecified atom stereocenters. The molecule has 1 aromatic rings. The van der Waals surface area contributed by atoms with Crippen molar-refractivity contribution in [3.05, 3.63) is 12.3 Å². The van der Waals surface area contributed by atoms with E-state index in [2.05, 4.69) is 5.10 Å². The summed E-state index contributed by atoms with van der Waals surface area (Å²) >= 11 is 0. The molecule has 0 bridgehead atoms. The van der Waals surface area contributed by atoms with Gasteiger partial charge in [-0.05, 0) is 12.5 Å². The first kappa shape index (κ1) is 8.47. The SMILES string of the molecule is Nc1ccnn1C1CCC(F)(F)C1. The third-order valence-electron chi connectivity index (χ3n) is 2.42. The van der Waals surface area contributed by atoms with Crippen LogP contribution in [0.1, 0.15) is 25.3 Å². The van der Waals surface area contributed by atoms with Gasteiger partial charge in [0.25, 0.3) is 0 Å². The molecule has 5 heteroatoms. The zero-order chi connectivity index (χ0) is 9.47. The van der Waals surface area contributed by atoms with Crippen molar-refractivity contribution >= 4 is 5.82 Å². The van der Waals surface area contributed by atoms with Crippen molar-refractivity contribution in [3.63, 3.8) is 0 Å². The predicted octanol–water partition coefficient (Wildman–Crippen LogP) is 1.83. The lowest BCUT2D eigenvalue weighted by molar-refractivity contribution is 0.00528.